The molecule has 142 valence electrons. The van der Waals surface area contributed by atoms with E-state index in [2.05, 4.69) is 18.9 Å². The van der Waals surface area contributed by atoms with Gasteiger partial charge in [0.1, 0.15) is 0 Å². The largest absolute Gasteiger partial charge is 0.445 e. The molecule has 0 aromatic carbocycles. The molecular weight excluding hydrogens is 348 g/mol. The SMILES string of the molecule is C#CC1(OC(C)=O)CCC2C3CC(O)C4C=C(Cl)CCC4C3CCC21C. The molecule has 0 radical (unpaired) electrons. The van der Waals surface area contributed by atoms with Gasteiger partial charge in [-0.15, -0.1) is 6.42 Å². The Labute approximate surface area is 161 Å². The number of terminal acetylenes is 1. The van der Waals surface area contributed by atoms with Gasteiger partial charge in [0.15, 0.2) is 5.60 Å². The molecule has 0 spiro atoms. The van der Waals surface area contributed by atoms with Gasteiger partial charge in [-0.05, 0) is 68.6 Å². The van der Waals surface area contributed by atoms with Gasteiger partial charge < -0.3 is 9.84 Å². The molecule has 4 aliphatic rings. The van der Waals surface area contributed by atoms with Crippen LogP contribution in [0.4, 0.5) is 0 Å². The third kappa shape index (κ3) is 2.49. The zero-order chi connectivity index (χ0) is 18.7. The fourth-order valence-corrected chi connectivity index (χ4v) is 7.36. The molecule has 8 unspecified atom stereocenters. The molecule has 26 heavy (non-hydrogen) atoms. The number of ether oxygens (including phenoxy) is 1. The van der Waals surface area contributed by atoms with Crippen molar-refractivity contribution < 1.29 is 14.6 Å². The number of hydrogen-bond acceptors (Lipinski definition) is 3. The Kier molecular flexibility index (Phi) is 4.44. The molecular formula is C22H29ClO3. The van der Waals surface area contributed by atoms with Crippen LogP contribution in [0.2, 0.25) is 0 Å². The van der Waals surface area contributed by atoms with Crippen molar-refractivity contribution in [2.24, 2.45) is 35.0 Å². The van der Waals surface area contributed by atoms with Crippen molar-refractivity contribution in [3.8, 4) is 12.3 Å². The molecule has 0 heterocycles. The van der Waals surface area contributed by atoms with Gasteiger partial charge in [-0.3, -0.25) is 4.79 Å². The van der Waals surface area contributed by atoms with E-state index in [4.69, 9.17) is 22.8 Å². The third-order valence-corrected chi connectivity index (χ3v) is 8.57. The van der Waals surface area contributed by atoms with Gasteiger partial charge in [-0.2, -0.15) is 0 Å². The number of hydrogen-bond donors (Lipinski definition) is 1. The first-order valence-electron chi connectivity index (χ1n) is 10.0. The Morgan fingerprint density at radius 1 is 1.31 bits per heavy atom. The Morgan fingerprint density at radius 3 is 2.77 bits per heavy atom. The number of aliphatic hydroxyl groups excluding tert-OH is 1. The van der Waals surface area contributed by atoms with E-state index in [-0.39, 0.29) is 23.4 Å². The van der Waals surface area contributed by atoms with Crippen LogP contribution in [0.15, 0.2) is 11.1 Å². The Morgan fingerprint density at radius 2 is 2.08 bits per heavy atom. The summed E-state index contributed by atoms with van der Waals surface area (Å²) in [5.41, 5.74) is -0.977. The maximum absolute atomic E-state index is 11.8. The maximum Gasteiger partial charge on any atom is 0.304 e. The highest BCUT2D eigenvalue weighted by molar-refractivity contribution is 6.29. The summed E-state index contributed by atoms with van der Waals surface area (Å²) in [5, 5.41) is 11.8. The smallest absolute Gasteiger partial charge is 0.304 e. The molecule has 0 amide bonds. The Balaban J connectivity index is 1.65. The summed E-state index contributed by atoms with van der Waals surface area (Å²) < 4.78 is 5.78. The molecule has 0 saturated heterocycles. The number of aliphatic hydroxyl groups is 1. The first-order valence-corrected chi connectivity index (χ1v) is 10.4. The van der Waals surface area contributed by atoms with Crippen molar-refractivity contribution in [1.82, 2.24) is 0 Å². The number of fused-ring (bicyclic) bond motifs is 5. The Hall–Kier alpha value is -0.980. The van der Waals surface area contributed by atoms with Crippen molar-refractivity contribution >= 4 is 17.6 Å². The minimum absolute atomic E-state index is 0.191. The number of allylic oxidation sites excluding steroid dienone is 1. The van der Waals surface area contributed by atoms with Crippen molar-refractivity contribution in [3.63, 3.8) is 0 Å². The summed E-state index contributed by atoms with van der Waals surface area (Å²) >= 11 is 6.27. The average molecular weight is 377 g/mol. The second-order valence-corrected chi connectivity index (χ2v) is 9.68. The number of carbonyl (C=O) groups is 1. The van der Waals surface area contributed by atoms with Gasteiger partial charge in [-0.25, -0.2) is 0 Å². The summed E-state index contributed by atoms with van der Waals surface area (Å²) in [6.45, 7) is 3.67. The van der Waals surface area contributed by atoms with E-state index in [1.165, 1.54) is 6.92 Å². The molecule has 4 aliphatic carbocycles. The highest BCUT2D eigenvalue weighted by Gasteiger charge is 2.65. The molecule has 0 aromatic heterocycles. The molecule has 0 bridgehead atoms. The number of esters is 1. The Bertz CT molecular complexity index is 679. The predicted molar refractivity (Wildman–Crippen MR) is 101 cm³/mol. The lowest BCUT2D eigenvalue weighted by Gasteiger charge is -2.57. The average Bonchev–Trinajstić information content (AvgIpc) is 2.88. The second kappa shape index (κ2) is 6.28. The van der Waals surface area contributed by atoms with Crippen LogP contribution in [0.25, 0.3) is 0 Å². The van der Waals surface area contributed by atoms with Gasteiger partial charge >= 0.3 is 5.97 Å². The third-order valence-electron chi connectivity index (χ3n) is 8.26. The van der Waals surface area contributed by atoms with Crippen LogP contribution >= 0.6 is 11.6 Å². The van der Waals surface area contributed by atoms with E-state index in [0.29, 0.717) is 23.7 Å². The van der Waals surface area contributed by atoms with Crippen LogP contribution in [-0.2, 0) is 9.53 Å². The molecule has 0 aliphatic heterocycles. The van der Waals surface area contributed by atoms with E-state index < -0.39 is 5.60 Å². The molecule has 4 rings (SSSR count). The molecule has 3 fully saturated rings. The summed E-state index contributed by atoms with van der Waals surface area (Å²) in [4.78, 5) is 11.8. The highest BCUT2D eigenvalue weighted by atomic mass is 35.5. The number of carbonyl (C=O) groups excluding carboxylic acids is 1. The van der Waals surface area contributed by atoms with E-state index in [9.17, 15) is 9.90 Å². The molecule has 4 heteroatoms. The molecule has 1 N–H and O–H groups in total. The van der Waals surface area contributed by atoms with E-state index >= 15 is 0 Å². The van der Waals surface area contributed by atoms with Gasteiger partial charge in [0.2, 0.25) is 0 Å². The lowest BCUT2D eigenvalue weighted by molar-refractivity contribution is -0.171. The molecule has 3 nitrogen and oxygen atoms in total. The molecule has 0 aromatic rings. The number of rotatable bonds is 1. The first-order chi connectivity index (χ1) is 12.3. The van der Waals surface area contributed by atoms with E-state index in [0.717, 1.165) is 50.0 Å². The van der Waals surface area contributed by atoms with Crippen LogP contribution in [0, 0.1) is 47.3 Å². The zero-order valence-electron chi connectivity index (χ0n) is 15.7. The predicted octanol–water partition coefficient (Wildman–Crippen LogP) is 4.28. The summed E-state index contributed by atoms with van der Waals surface area (Å²) in [6, 6.07) is 0. The van der Waals surface area contributed by atoms with Crippen LogP contribution in [0.3, 0.4) is 0 Å². The standard InChI is InChI=1S/C22H29ClO3/c1-4-22(26-13(2)24)10-8-19-17-12-20(25)18-11-14(23)5-6-15(18)16(17)7-9-21(19,22)3/h1,11,15-20,25H,5-10,12H2,2-3H3. The minimum atomic E-state index is -0.786. The van der Waals surface area contributed by atoms with E-state index in [1.54, 1.807) is 0 Å². The lowest BCUT2D eigenvalue weighted by Crippen LogP contribution is -2.56. The summed E-state index contributed by atoms with van der Waals surface area (Å²) in [5.74, 6) is 4.81. The summed E-state index contributed by atoms with van der Waals surface area (Å²) in [6.07, 6.45) is 14.3. The number of halogens is 1. The van der Waals surface area contributed by atoms with Gasteiger partial charge in [0, 0.05) is 23.3 Å². The van der Waals surface area contributed by atoms with Crippen molar-refractivity contribution in [2.75, 3.05) is 0 Å². The topological polar surface area (TPSA) is 46.5 Å². The van der Waals surface area contributed by atoms with Gasteiger partial charge in [0.05, 0.1) is 6.10 Å². The molecule has 8 atom stereocenters. The van der Waals surface area contributed by atoms with Crippen LogP contribution < -0.4 is 0 Å². The first kappa shape index (κ1) is 18.4. The van der Waals surface area contributed by atoms with Gasteiger partial charge in [-0.1, -0.05) is 30.5 Å². The molecule has 3 saturated carbocycles. The zero-order valence-corrected chi connectivity index (χ0v) is 16.5. The quantitative estimate of drug-likeness (QED) is 0.549. The van der Waals surface area contributed by atoms with E-state index in [1.807, 2.05) is 0 Å². The van der Waals surface area contributed by atoms with Crippen molar-refractivity contribution in [3.05, 3.63) is 11.1 Å². The lowest BCUT2D eigenvalue weighted by atomic mass is 9.49. The normalized spacial score (nSPS) is 49.9. The fraction of sp³-hybridized carbons (Fsp3) is 0.773. The highest BCUT2D eigenvalue weighted by Crippen LogP contribution is 2.66. The van der Waals surface area contributed by atoms with Crippen molar-refractivity contribution in [1.29, 1.82) is 0 Å². The monoisotopic (exact) mass is 376 g/mol. The fourth-order valence-electron chi connectivity index (χ4n) is 7.11. The van der Waals surface area contributed by atoms with Crippen LogP contribution in [0.1, 0.15) is 58.8 Å². The minimum Gasteiger partial charge on any atom is -0.445 e. The second-order valence-electron chi connectivity index (χ2n) is 9.19. The maximum atomic E-state index is 11.8. The van der Waals surface area contributed by atoms with Crippen LogP contribution in [0.5, 0.6) is 0 Å². The van der Waals surface area contributed by atoms with Crippen LogP contribution in [-0.4, -0.2) is 22.8 Å². The van der Waals surface area contributed by atoms with Crippen molar-refractivity contribution in [2.45, 2.75) is 70.5 Å². The van der Waals surface area contributed by atoms with Gasteiger partial charge in [0.25, 0.3) is 0 Å². The summed E-state index contributed by atoms with van der Waals surface area (Å²) in [7, 11) is 0.